The summed E-state index contributed by atoms with van der Waals surface area (Å²) in [6.45, 7) is 4.15. The molecule has 4 N–H and O–H groups in total. The molecule has 21 heavy (non-hydrogen) atoms. The lowest BCUT2D eigenvalue weighted by Crippen LogP contribution is -2.18. The number of pyridine rings is 1. The van der Waals surface area contributed by atoms with Crippen molar-refractivity contribution in [2.75, 3.05) is 10.1 Å². The first kappa shape index (κ1) is 15.3. The van der Waals surface area contributed by atoms with Crippen LogP contribution in [0.3, 0.4) is 0 Å². The van der Waals surface area contributed by atoms with Crippen LogP contribution < -0.4 is 16.0 Å². The highest BCUT2D eigenvalue weighted by Gasteiger charge is 2.19. The van der Waals surface area contributed by atoms with Gasteiger partial charge in [0.15, 0.2) is 5.82 Å². The lowest BCUT2D eigenvalue weighted by atomic mass is 10.0. The minimum Gasteiger partial charge on any atom is -0.307 e. The molecule has 0 atom stereocenters. The summed E-state index contributed by atoms with van der Waals surface area (Å²) in [5.74, 6) is 5.78. The number of hydrazine groups is 1. The van der Waals surface area contributed by atoms with Crippen molar-refractivity contribution in [3.8, 4) is 0 Å². The number of hydrogen-bond acceptors (Lipinski definition) is 5. The molecule has 6 nitrogen and oxygen atoms in total. The molecule has 0 aliphatic heterocycles. The third-order valence-corrected chi connectivity index (χ3v) is 4.44. The summed E-state index contributed by atoms with van der Waals surface area (Å²) in [6, 6.07) is 10.2. The number of nitrogens with one attached hydrogen (secondary N) is 2. The maximum Gasteiger partial charge on any atom is 0.265 e. The fraction of sp³-hybridized carbons (Fsp3) is 0.214. The highest BCUT2D eigenvalue weighted by atomic mass is 32.2. The highest BCUT2D eigenvalue weighted by molar-refractivity contribution is 7.92. The highest BCUT2D eigenvalue weighted by Crippen LogP contribution is 2.22. The van der Waals surface area contributed by atoms with Crippen LogP contribution in [0.1, 0.15) is 25.3 Å². The molecule has 7 heteroatoms. The second-order valence-electron chi connectivity index (χ2n) is 4.88. The molecule has 0 saturated heterocycles. The molecule has 0 fully saturated rings. The van der Waals surface area contributed by atoms with E-state index in [1.807, 2.05) is 12.1 Å². The van der Waals surface area contributed by atoms with Crippen LogP contribution in [-0.4, -0.2) is 13.4 Å². The Kier molecular flexibility index (Phi) is 4.44. The molecule has 2 rings (SSSR count). The van der Waals surface area contributed by atoms with Gasteiger partial charge in [-0.3, -0.25) is 4.72 Å². The van der Waals surface area contributed by atoms with Crippen molar-refractivity contribution in [2.24, 2.45) is 5.84 Å². The summed E-state index contributed by atoms with van der Waals surface area (Å²) in [5.41, 5.74) is 3.92. The maximum absolute atomic E-state index is 12.4. The van der Waals surface area contributed by atoms with Crippen LogP contribution in [0.5, 0.6) is 0 Å². The monoisotopic (exact) mass is 306 g/mol. The molecule has 0 aliphatic carbocycles. The van der Waals surface area contributed by atoms with Crippen LogP contribution in [0.25, 0.3) is 0 Å². The van der Waals surface area contributed by atoms with E-state index in [2.05, 4.69) is 29.0 Å². The number of nitrogen functional groups attached to an aromatic ring is 1. The van der Waals surface area contributed by atoms with Gasteiger partial charge in [0, 0.05) is 11.9 Å². The van der Waals surface area contributed by atoms with Crippen LogP contribution in [-0.2, 0) is 10.0 Å². The zero-order chi connectivity index (χ0) is 15.5. The summed E-state index contributed by atoms with van der Waals surface area (Å²) in [4.78, 5) is 3.89. The first-order valence-corrected chi connectivity index (χ1v) is 7.97. The van der Waals surface area contributed by atoms with Crippen molar-refractivity contribution in [2.45, 2.75) is 24.7 Å². The predicted molar refractivity (Wildman–Crippen MR) is 83.4 cm³/mol. The number of benzene rings is 1. The quantitative estimate of drug-likeness (QED) is 0.581. The molecule has 0 radical (unpaired) electrons. The van der Waals surface area contributed by atoms with Gasteiger partial charge in [0.2, 0.25) is 0 Å². The third kappa shape index (κ3) is 3.50. The predicted octanol–water partition coefficient (Wildman–Crippen LogP) is 2.29. The van der Waals surface area contributed by atoms with Crippen molar-refractivity contribution >= 4 is 21.5 Å². The molecule has 0 bridgehead atoms. The molecular weight excluding hydrogens is 288 g/mol. The van der Waals surface area contributed by atoms with Gasteiger partial charge in [-0.05, 0) is 35.7 Å². The number of hydrogen-bond donors (Lipinski definition) is 3. The SMILES string of the molecule is CC(C)c1ccc(NS(=O)(=O)c2cccnc2NN)cc1. The number of sulfonamides is 1. The molecule has 1 aromatic heterocycles. The molecule has 112 valence electrons. The van der Waals surface area contributed by atoms with E-state index >= 15 is 0 Å². The zero-order valence-electron chi connectivity index (χ0n) is 11.9. The minimum absolute atomic E-state index is 0.000404. The minimum atomic E-state index is -3.74. The number of rotatable bonds is 5. The Morgan fingerprint density at radius 3 is 2.38 bits per heavy atom. The molecule has 0 amide bonds. The number of nitrogens with zero attached hydrogens (tertiary/aromatic N) is 1. The number of anilines is 2. The Morgan fingerprint density at radius 1 is 1.14 bits per heavy atom. The number of nitrogens with two attached hydrogens (primary N) is 1. The van der Waals surface area contributed by atoms with Crippen molar-refractivity contribution in [3.63, 3.8) is 0 Å². The summed E-state index contributed by atoms with van der Waals surface area (Å²) in [5, 5.41) is 0. The van der Waals surface area contributed by atoms with Gasteiger partial charge in [0.1, 0.15) is 4.90 Å². The molecule has 0 unspecified atom stereocenters. The van der Waals surface area contributed by atoms with E-state index in [9.17, 15) is 8.42 Å². The van der Waals surface area contributed by atoms with Gasteiger partial charge in [-0.1, -0.05) is 26.0 Å². The smallest absolute Gasteiger partial charge is 0.265 e. The van der Waals surface area contributed by atoms with Gasteiger partial charge in [-0.15, -0.1) is 0 Å². The Bertz CT molecular complexity index is 712. The van der Waals surface area contributed by atoms with E-state index in [-0.39, 0.29) is 10.7 Å². The van der Waals surface area contributed by atoms with Crippen LogP contribution >= 0.6 is 0 Å². The van der Waals surface area contributed by atoms with Gasteiger partial charge < -0.3 is 5.43 Å². The Balaban J connectivity index is 2.29. The van der Waals surface area contributed by atoms with Gasteiger partial charge in [-0.2, -0.15) is 0 Å². The largest absolute Gasteiger partial charge is 0.307 e. The van der Waals surface area contributed by atoms with Crippen LogP contribution in [0.15, 0.2) is 47.5 Å². The molecule has 2 aromatic rings. The van der Waals surface area contributed by atoms with Gasteiger partial charge in [0.25, 0.3) is 10.0 Å². The van der Waals surface area contributed by atoms with Crippen molar-refractivity contribution < 1.29 is 8.42 Å². The Hall–Kier alpha value is -2.12. The van der Waals surface area contributed by atoms with Crippen molar-refractivity contribution in [3.05, 3.63) is 48.2 Å². The maximum atomic E-state index is 12.4. The van der Waals surface area contributed by atoms with E-state index in [1.54, 1.807) is 12.1 Å². The fourth-order valence-electron chi connectivity index (χ4n) is 1.86. The molecule has 0 aliphatic rings. The molecule has 0 spiro atoms. The standard InChI is InChI=1S/C14H18N4O2S/c1-10(2)11-5-7-12(8-6-11)18-21(19,20)13-4-3-9-16-14(13)17-15/h3-10,18H,15H2,1-2H3,(H,16,17). The van der Waals surface area contributed by atoms with Crippen LogP contribution in [0.4, 0.5) is 11.5 Å². The lowest BCUT2D eigenvalue weighted by molar-refractivity contribution is 0.601. The van der Waals surface area contributed by atoms with Crippen molar-refractivity contribution in [1.82, 2.24) is 4.98 Å². The van der Waals surface area contributed by atoms with Crippen LogP contribution in [0, 0.1) is 0 Å². The van der Waals surface area contributed by atoms with Gasteiger partial charge >= 0.3 is 0 Å². The zero-order valence-corrected chi connectivity index (χ0v) is 12.7. The van der Waals surface area contributed by atoms with E-state index in [4.69, 9.17) is 5.84 Å². The Labute approximate surface area is 124 Å². The lowest BCUT2D eigenvalue weighted by Gasteiger charge is -2.12. The van der Waals surface area contributed by atoms with E-state index < -0.39 is 10.0 Å². The first-order chi connectivity index (χ1) is 9.94. The third-order valence-electron chi connectivity index (χ3n) is 3.03. The number of aromatic nitrogens is 1. The first-order valence-electron chi connectivity index (χ1n) is 6.48. The molecule has 1 heterocycles. The second-order valence-corrected chi connectivity index (χ2v) is 6.53. The average molecular weight is 306 g/mol. The molecular formula is C14H18N4O2S. The van der Waals surface area contributed by atoms with E-state index in [1.165, 1.54) is 18.3 Å². The van der Waals surface area contributed by atoms with Crippen LogP contribution in [0.2, 0.25) is 0 Å². The summed E-state index contributed by atoms with van der Waals surface area (Å²) in [7, 11) is -3.74. The second kappa shape index (κ2) is 6.11. The summed E-state index contributed by atoms with van der Waals surface area (Å²) in [6.07, 6.45) is 1.46. The van der Waals surface area contributed by atoms with Gasteiger partial charge in [-0.25, -0.2) is 19.2 Å². The van der Waals surface area contributed by atoms with Gasteiger partial charge in [0.05, 0.1) is 0 Å². The summed E-state index contributed by atoms with van der Waals surface area (Å²) >= 11 is 0. The fourth-order valence-corrected chi connectivity index (χ4v) is 3.04. The normalized spacial score (nSPS) is 11.4. The van der Waals surface area contributed by atoms with E-state index in [0.717, 1.165) is 5.56 Å². The van der Waals surface area contributed by atoms with Crippen molar-refractivity contribution in [1.29, 1.82) is 0 Å². The topological polar surface area (TPSA) is 97.1 Å². The Morgan fingerprint density at radius 2 is 1.81 bits per heavy atom. The average Bonchev–Trinajstić information content (AvgIpc) is 2.47. The molecule has 0 saturated carbocycles. The summed E-state index contributed by atoms with van der Waals surface area (Å²) < 4.78 is 27.2. The molecule has 1 aromatic carbocycles. The van der Waals surface area contributed by atoms with E-state index in [0.29, 0.717) is 11.6 Å².